The standard InChI is InChI=1S/C20H22FNO3/c1-3-14(2)19(15-8-5-4-6-9-15)20(24)25-13-18(23)22-17-11-7-10-16(21)12-17/h4-12,14,19H,3,13H2,1-2H3,(H,22,23)/t14-,19-/m0/s1. The molecule has 0 unspecified atom stereocenters. The number of anilines is 1. The fraction of sp³-hybridized carbons (Fsp3) is 0.300. The fourth-order valence-corrected chi connectivity index (χ4v) is 2.58. The summed E-state index contributed by atoms with van der Waals surface area (Å²) in [6.07, 6.45) is 0.810. The molecule has 0 radical (unpaired) electrons. The van der Waals surface area contributed by atoms with E-state index in [-0.39, 0.29) is 5.92 Å². The lowest BCUT2D eigenvalue weighted by atomic mass is 9.86. The molecule has 2 rings (SSSR count). The molecule has 0 aliphatic rings. The molecule has 2 atom stereocenters. The van der Waals surface area contributed by atoms with E-state index in [2.05, 4.69) is 5.32 Å². The third-order valence-corrected chi connectivity index (χ3v) is 4.08. The van der Waals surface area contributed by atoms with Crippen molar-refractivity contribution < 1.29 is 18.7 Å². The van der Waals surface area contributed by atoms with Gasteiger partial charge < -0.3 is 10.1 Å². The average Bonchev–Trinajstić information content (AvgIpc) is 2.61. The molecule has 25 heavy (non-hydrogen) atoms. The van der Waals surface area contributed by atoms with Crippen LogP contribution in [0.4, 0.5) is 10.1 Å². The van der Waals surface area contributed by atoms with Crippen LogP contribution in [0.1, 0.15) is 31.7 Å². The van der Waals surface area contributed by atoms with Gasteiger partial charge >= 0.3 is 5.97 Å². The molecule has 132 valence electrons. The lowest BCUT2D eigenvalue weighted by Gasteiger charge is -2.21. The second-order valence-electron chi connectivity index (χ2n) is 5.94. The van der Waals surface area contributed by atoms with Crippen LogP contribution in [0.3, 0.4) is 0 Å². The number of carbonyl (C=O) groups is 2. The van der Waals surface area contributed by atoms with Gasteiger partial charge in [-0.15, -0.1) is 0 Å². The Morgan fingerprint density at radius 2 is 1.84 bits per heavy atom. The second-order valence-corrected chi connectivity index (χ2v) is 5.94. The molecule has 0 fully saturated rings. The van der Waals surface area contributed by atoms with Gasteiger partial charge in [0, 0.05) is 5.69 Å². The van der Waals surface area contributed by atoms with E-state index in [0.717, 1.165) is 12.0 Å². The summed E-state index contributed by atoms with van der Waals surface area (Å²) < 4.78 is 18.3. The molecule has 0 saturated carbocycles. The third-order valence-electron chi connectivity index (χ3n) is 4.08. The van der Waals surface area contributed by atoms with Gasteiger partial charge in [-0.1, -0.05) is 56.7 Å². The third kappa shape index (κ3) is 5.41. The number of rotatable bonds is 7. The van der Waals surface area contributed by atoms with Crippen LogP contribution < -0.4 is 5.32 Å². The topological polar surface area (TPSA) is 55.4 Å². The number of carbonyl (C=O) groups excluding carboxylic acids is 2. The molecule has 1 amide bonds. The number of esters is 1. The van der Waals surface area contributed by atoms with E-state index in [0.29, 0.717) is 5.69 Å². The van der Waals surface area contributed by atoms with Crippen LogP contribution in [0.5, 0.6) is 0 Å². The molecule has 1 N–H and O–H groups in total. The summed E-state index contributed by atoms with van der Waals surface area (Å²) in [5.41, 5.74) is 1.19. The molecular formula is C20H22FNO3. The number of amides is 1. The first-order chi connectivity index (χ1) is 12.0. The Hall–Kier alpha value is -2.69. The van der Waals surface area contributed by atoms with E-state index >= 15 is 0 Å². The van der Waals surface area contributed by atoms with E-state index in [1.165, 1.54) is 18.2 Å². The monoisotopic (exact) mass is 343 g/mol. The first kappa shape index (κ1) is 18.6. The zero-order chi connectivity index (χ0) is 18.2. The SMILES string of the molecule is CC[C@H](C)[C@H](C(=O)OCC(=O)Nc1cccc(F)c1)c1ccccc1. The Kier molecular flexibility index (Phi) is 6.69. The van der Waals surface area contributed by atoms with Gasteiger partial charge in [-0.25, -0.2) is 4.39 Å². The smallest absolute Gasteiger partial charge is 0.314 e. The van der Waals surface area contributed by atoms with Crippen molar-refractivity contribution in [2.75, 3.05) is 11.9 Å². The summed E-state index contributed by atoms with van der Waals surface area (Å²) in [6.45, 7) is 3.57. The lowest BCUT2D eigenvalue weighted by Crippen LogP contribution is -2.26. The average molecular weight is 343 g/mol. The van der Waals surface area contributed by atoms with E-state index in [9.17, 15) is 14.0 Å². The van der Waals surface area contributed by atoms with Crippen molar-refractivity contribution in [3.05, 3.63) is 66.0 Å². The van der Waals surface area contributed by atoms with Gasteiger partial charge in [0.2, 0.25) is 0 Å². The Bertz CT molecular complexity index is 718. The van der Waals surface area contributed by atoms with E-state index in [1.807, 2.05) is 44.2 Å². The van der Waals surface area contributed by atoms with Crippen molar-refractivity contribution in [2.24, 2.45) is 5.92 Å². The van der Waals surface area contributed by atoms with Gasteiger partial charge in [-0.3, -0.25) is 9.59 Å². The molecular weight excluding hydrogens is 321 g/mol. The van der Waals surface area contributed by atoms with Crippen LogP contribution in [0.25, 0.3) is 0 Å². The number of ether oxygens (including phenoxy) is 1. The normalized spacial score (nSPS) is 12.9. The van der Waals surface area contributed by atoms with Crippen LogP contribution >= 0.6 is 0 Å². The summed E-state index contributed by atoms with van der Waals surface area (Å²) >= 11 is 0. The highest BCUT2D eigenvalue weighted by Crippen LogP contribution is 2.28. The summed E-state index contributed by atoms with van der Waals surface area (Å²) in [6, 6.07) is 14.9. The second kappa shape index (κ2) is 8.97. The number of nitrogens with one attached hydrogen (secondary N) is 1. The van der Waals surface area contributed by atoms with Crippen LogP contribution in [0.15, 0.2) is 54.6 Å². The quantitative estimate of drug-likeness (QED) is 0.769. The van der Waals surface area contributed by atoms with E-state index in [1.54, 1.807) is 6.07 Å². The summed E-state index contributed by atoms with van der Waals surface area (Å²) in [7, 11) is 0. The van der Waals surface area contributed by atoms with Crippen molar-refractivity contribution in [1.82, 2.24) is 0 Å². The van der Waals surface area contributed by atoms with Gasteiger partial charge in [0.05, 0.1) is 5.92 Å². The maximum Gasteiger partial charge on any atom is 0.314 e. The Labute approximate surface area is 147 Å². The van der Waals surface area contributed by atoms with Crippen LogP contribution in [0.2, 0.25) is 0 Å². The highest BCUT2D eigenvalue weighted by molar-refractivity contribution is 5.93. The molecule has 2 aromatic carbocycles. The first-order valence-corrected chi connectivity index (χ1v) is 8.28. The molecule has 0 aliphatic heterocycles. The molecule has 0 saturated heterocycles. The molecule has 0 aliphatic carbocycles. The molecule has 2 aromatic rings. The first-order valence-electron chi connectivity index (χ1n) is 8.28. The molecule has 4 nitrogen and oxygen atoms in total. The maximum absolute atomic E-state index is 13.1. The largest absolute Gasteiger partial charge is 0.455 e. The maximum atomic E-state index is 13.1. The Morgan fingerprint density at radius 1 is 1.12 bits per heavy atom. The lowest BCUT2D eigenvalue weighted by molar-refractivity contribution is -0.150. The van der Waals surface area contributed by atoms with Crippen molar-refractivity contribution in [2.45, 2.75) is 26.2 Å². The molecule has 5 heteroatoms. The fourth-order valence-electron chi connectivity index (χ4n) is 2.58. The summed E-state index contributed by atoms with van der Waals surface area (Å²) in [5, 5.41) is 2.50. The molecule has 0 heterocycles. The van der Waals surface area contributed by atoms with E-state index in [4.69, 9.17) is 4.74 Å². The van der Waals surface area contributed by atoms with Crippen molar-refractivity contribution in [3.8, 4) is 0 Å². The number of benzene rings is 2. The predicted octanol–water partition coefficient (Wildman–Crippen LogP) is 4.14. The van der Waals surface area contributed by atoms with Crippen molar-refractivity contribution in [3.63, 3.8) is 0 Å². The molecule has 0 bridgehead atoms. The number of hydrogen-bond donors (Lipinski definition) is 1. The van der Waals surface area contributed by atoms with Crippen LogP contribution in [-0.4, -0.2) is 18.5 Å². The van der Waals surface area contributed by atoms with Crippen LogP contribution in [0, 0.1) is 11.7 Å². The molecule has 0 aromatic heterocycles. The molecule has 0 spiro atoms. The minimum Gasteiger partial charge on any atom is -0.455 e. The Morgan fingerprint density at radius 3 is 2.48 bits per heavy atom. The van der Waals surface area contributed by atoms with Crippen LogP contribution in [-0.2, 0) is 14.3 Å². The highest BCUT2D eigenvalue weighted by atomic mass is 19.1. The predicted molar refractivity (Wildman–Crippen MR) is 94.6 cm³/mol. The highest BCUT2D eigenvalue weighted by Gasteiger charge is 2.27. The summed E-state index contributed by atoms with van der Waals surface area (Å²) in [4.78, 5) is 24.4. The number of halogens is 1. The van der Waals surface area contributed by atoms with Gasteiger partial charge in [0.1, 0.15) is 5.82 Å². The zero-order valence-electron chi connectivity index (χ0n) is 14.4. The van der Waals surface area contributed by atoms with Gasteiger partial charge in [0.25, 0.3) is 5.91 Å². The zero-order valence-corrected chi connectivity index (χ0v) is 14.4. The van der Waals surface area contributed by atoms with E-state index < -0.39 is 30.2 Å². The minimum atomic E-state index is -0.505. The van der Waals surface area contributed by atoms with Crippen molar-refractivity contribution >= 4 is 17.6 Å². The van der Waals surface area contributed by atoms with Gasteiger partial charge in [-0.2, -0.15) is 0 Å². The Balaban J connectivity index is 1.97. The van der Waals surface area contributed by atoms with Gasteiger partial charge in [0.15, 0.2) is 6.61 Å². The number of hydrogen-bond acceptors (Lipinski definition) is 3. The minimum absolute atomic E-state index is 0.0844. The summed E-state index contributed by atoms with van der Waals surface area (Å²) in [5.74, 6) is -1.73. The van der Waals surface area contributed by atoms with Gasteiger partial charge in [-0.05, 0) is 29.7 Å². The van der Waals surface area contributed by atoms with Crippen molar-refractivity contribution in [1.29, 1.82) is 0 Å².